The van der Waals surface area contributed by atoms with Gasteiger partial charge >= 0.3 is 22.9 Å². The summed E-state index contributed by atoms with van der Waals surface area (Å²) in [5.74, 6) is -1.04. The monoisotopic (exact) mass is 299 g/mol. The number of nitrogens with one attached hydrogen (secondary N) is 1. The van der Waals surface area contributed by atoms with E-state index in [1.165, 1.54) is 0 Å². The maximum Gasteiger partial charge on any atom is 0.350 e. The van der Waals surface area contributed by atoms with Crippen molar-refractivity contribution in [2.75, 3.05) is 6.61 Å². The van der Waals surface area contributed by atoms with E-state index in [0.29, 0.717) is 10.8 Å². The third-order valence-corrected chi connectivity index (χ3v) is 2.45. The molecule has 1 aromatic heterocycles. The Balaban J connectivity index is 2.79. The Morgan fingerprint density at radius 3 is 2.62 bits per heavy atom. The fourth-order valence-corrected chi connectivity index (χ4v) is 1.49. The summed E-state index contributed by atoms with van der Waals surface area (Å²) in [5, 5.41) is 10.6. The Morgan fingerprint density at radius 1 is 1.38 bits per heavy atom. The first-order valence-electron chi connectivity index (χ1n) is 6.00. The van der Waals surface area contributed by atoms with Gasteiger partial charge in [-0.2, -0.15) is 0 Å². The molecule has 1 heterocycles. The zero-order valence-corrected chi connectivity index (χ0v) is 11.2. The first-order chi connectivity index (χ1) is 9.85. The van der Waals surface area contributed by atoms with Crippen molar-refractivity contribution in [1.29, 1.82) is 0 Å². The van der Waals surface area contributed by atoms with Gasteiger partial charge in [0.15, 0.2) is 5.78 Å². The topological polar surface area (TPSA) is 141 Å². The number of Topliss-reactive ketones (excluding diaryl/α,β-unsaturated/α-hetero) is 1. The number of H-pyrrole nitrogens is 1. The molecule has 0 aliphatic heterocycles. The van der Waals surface area contributed by atoms with E-state index in [1.807, 2.05) is 0 Å². The molecule has 0 spiro atoms. The van der Waals surface area contributed by atoms with Gasteiger partial charge in [-0.1, -0.05) is 0 Å². The molecule has 1 rings (SSSR count). The van der Waals surface area contributed by atoms with Crippen molar-refractivity contribution < 1.29 is 19.2 Å². The second-order valence-electron chi connectivity index (χ2n) is 4.00. The zero-order chi connectivity index (χ0) is 16.0. The number of hydrogen-bond acceptors (Lipinski definition) is 7. The van der Waals surface area contributed by atoms with Crippen LogP contribution in [0.4, 0.5) is 5.69 Å². The molecule has 0 radical (unpaired) electrons. The molecule has 0 unspecified atom stereocenters. The number of aromatic amines is 1. The smallest absolute Gasteiger partial charge is 0.350 e. The van der Waals surface area contributed by atoms with Gasteiger partial charge in [0.2, 0.25) is 0 Å². The summed E-state index contributed by atoms with van der Waals surface area (Å²) in [6.07, 6.45) is 0.383. The van der Waals surface area contributed by atoms with Crippen LogP contribution >= 0.6 is 0 Å². The first kappa shape index (κ1) is 16.3. The Kier molecular flexibility index (Phi) is 5.52. The SMILES string of the molecule is CCOC(=O)CCC(=O)Cn1cc([N+](=O)[O-])c(=O)[nH]c1=O. The van der Waals surface area contributed by atoms with Gasteiger partial charge in [0.25, 0.3) is 0 Å². The average molecular weight is 299 g/mol. The molecule has 10 heteroatoms. The Morgan fingerprint density at radius 2 is 2.05 bits per heavy atom. The summed E-state index contributed by atoms with van der Waals surface area (Å²) in [5.41, 5.74) is -2.91. The number of ether oxygens (including phenoxy) is 1. The summed E-state index contributed by atoms with van der Waals surface area (Å²) in [6.45, 7) is 1.34. The normalized spacial score (nSPS) is 10.1. The van der Waals surface area contributed by atoms with Crippen LogP contribution in [0, 0.1) is 10.1 Å². The molecule has 0 saturated heterocycles. The summed E-state index contributed by atoms with van der Waals surface area (Å²) in [7, 11) is 0. The molecular formula is C11H13N3O7. The van der Waals surface area contributed by atoms with Crippen molar-refractivity contribution in [3.8, 4) is 0 Å². The van der Waals surface area contributed by atoms with Crippen LogP contribution in [0.2, 0.25) is 0 Å². The van der Waals surface area contributed by atoms with Crippen LogP contribution in [0.5, 0.6) is 0 Å². The molecule has 0 aliphatic carbocycles. The average Bonchev–Trinajstić information content (AvgIpc) is 2.39. The first-order valence-corrected chi connectivity index (χ1v) is 6.00. The van der Waals surface area contributed by atoms with Crippen LogP contribution in [-0.2, 0) is 20.9 Å². The molecule has 1 aromatic rings. The molecule has 10 nitrogen and oxygen atoms in total. The van der Waals surface area contributed by atoms with Crippen LogP contribution in [0.3, 0.4) is 0 Å². The van der Waals surface area contributed by atoms with Crippen molar-refractivity contribution >= 4 is 17.4 Å². The molecular weight excluding hydrogens is 286 g/mol. The molecule has 0 fully saturated rings. The van der Waals surface area contributed by atoms with E-state index in [4.69, 9.17) is 0 Å². The van der Waals surface area contributed by atoms with Gasteiger partial charge in [-0.25, -0.2) is 4.79 Å². The molecule has 0 aromatic carbocycles. The Labute approximate surface area is 117 Å². The highest BCUT2D eigenvalue weighted by molar-refractivity contribution is 5.82. The van der Waals surface area contributed by atoms with Gasteiger partial charge < -0.3 is 4.74 Å². The number of carbonyl (C=O) groups is 2. The second-order valence-corrected chi connectivity index (χ2v) is 4.00. The highest BCUT2D eigenvalue weighted by Crippen LogP contribution is 2.01. The summed E-state index contributed by atoms with van der Waals surface area (Å²) in [6, 6.07) is 0. The van der Waals surface area contributed by atoms with E-state index >= 15 is 0 Å². The van der Waals surface area contributed by atoms with Crippen molar-refractivity contribution in [3.63, 3.8) is 0 Å². The van der Waals surface area contributed by atoms with Gasteiger partial charge in [0.1, 0.15) is 0 Å². The molecule has 0 bridgehead atoms. The summed E-state index contributed by atoms with van der Waals surface area (Å²) < 4.78 is 5.35. The van der Waals surface area contributed by atoms with Gasteiger partial charge in [0.05, 0.1) is 30.7 Å². The van der Waals surface area contributed by atoms with E-state index in [-0.39, 0.29) is 19.4 Å². The fraction of sp³-hybridized carbons (Fsp3) is 0.455. The van der Waals surface area contributed by atoms with Crippen molar-refractivity contribution in [2.45, 2.75) is 26.3 Å². The minimum atomic E-state index is -1.14. The lowest BCUT2D eigenvalue weighted by atomic mass is 10.2. The number of ketones is 1. The lowest BCUT2D eigenvalue weighted by Gasteiger charge is -2.04. The van der Waals surface area contributed by atoms with E-state index in [0.717, 1.165) is 0 Å². The van der Waals surface area contributed by atoms with Crippen LogP contribution in [0.1, 0.15) is 19.8 Å². The van der Waals surface area contributed by atoms with Crippen molar-refractivity contribution in [3.05, 3.63) is 37.1 Å². The minimum Gasteiger partial charge on any atom is -0.466 e. The zero-order valence-electron chi connectivity index (χ0n) is 11.2. The summed E-state index contributed by atoms with van der Waals surface area (Å²) in [4.78, 5) is 56.6. The Bertz CT molecular complexity index is 673. The number of carbonyl (C=O) groups excluding carboxylic acids is 2. The van der Waals surface area contributed by atoms with Gasteiger partial charge in [-0.15, -0.1) is 0 Å². The highest BCUT2D eigenvalue weighted by atomic mass is 16.6. The van der Waals surface area contributed by atoms with E-state index in [2.05, 4.69) is 4.74 Å². The van der Waals surface area contributed by atoms with Crippen LogP contribution in [0.15, 0.2) is 15.8 Å². The van der Waals surface area contributed by atoms with Gasteiger partial charge in [-0.05, 0) is 6.92 Å². The van der Waals surface area contributed by atoms with Crippen molar-refractivity contribution in [1.82, 2.24) is 9.55 Å². The van der Waals surface area contributed by atoms with Crippen LogP contribution < -0.4 is 11.2 Å². The molecule has 114 valence electrons. The van der Waals surface area contributed by atoms with E-state index in [1.54, 1.807) is 11.9 Å². The molecule has 0 saturated carbocycles. The van der Waals surface area contributed by atoms with Gasteiger partial charge in [0, 0.05) is 6.42 Å². The lowest BCUT2D eigenvalue weighted by Crippen LogP contribution is -2.32. The summed E-state index contributed by atoms with van der Waals surface area (Å²) >= 11 is 0. The number of nitro groups is 1. The van der Waals surface area contributed by atoms with Crippen molar-refractivity contribution in [2.24, 2.45) is 0 Å². The lowest BCUT2D eigenvalue weighted by molar-refractivity contribution is -0.386. The quantitative estimate of drug-likeness (QED) is 0.400. The predicted molar refractivity (Wildman–Crippen MR) is 68.9 cm³/mol. The molecule has 0 aliphatic rings. The minimum absolute atomic E-state index is 0.146. The standard InChI is InChI=1S/C11H13N3O7/c1-2-21-9(16)4-3-7(15)5-13-6-8(14(19)20)10(17)12-11(13)18/h6H,2-5H2,1H3,(H,12,17,18). The number of nitrogens with zero attached hydrogens (tertiary/aromatic N) is 2. The largest absolute Gasteiger partial charge is 0.466 e. The number of hydrogen-bond donors (Lipinski definition) is 1. The predicted octanol–water partition coefficient (Wildman–Crippen LogP) is -0.643. The fourth-order valence-electron chi connectivity index (χ4n) is 1.49. The molecule has 0 atom stereocenters. The molecule has 0 amide bonds. The van der Waals surface area contributed by atoms with Gasteiger partial charge in [-0.3, -0.25) is 34.0 Å². The third-order valence-electron chi connectivity index (χ3n) is 2.45. The Hall–Kier alpha value is -2.78. The highest BCUT2D eigenvalue weighted by Gasteiger charge is 2.16. The van der Waals surface area contributed by atoms with Crippen LogP contribution in [-0.4, -0.2) is 32.8 Å². The third kappa shape index (κ3) is 4.67. The maximum atomic E-state index is 11.6. The maximum absolute atomic E-state index is 11.6. The molecule has 21 heavy (non-hydrogen) atoms. The molecule has 1 N–H and O–H groups in total. The number of rotatable bonds is 7. The second kappa shape index (κ2) is 7.12. The van der Waals surface area contributed by atoms with E-state index < -0.39 is 40.2 Å². The number of aromatic nitrogens is 2. The van der Waals surface area contributed by atoms with E-state index in [9.17, 15) is 29.3 Å². The number of esters is 1. The van der Waals surface area contributed by atoms with Crippen LogP contribution in [0.25, 0.3) is 0 Å².